The molecule has 0 heterocycles. The van der Waals surface area contributed by atoms with Gasteiger partial charge in [-0.15, -0.1) is 12.4 Å². The van der Waals surface area contributed by atoms with Crippen molar-refractivity contribution in [1.29, 1.82) is 0 Å². The van der Waals surface area contributed by atoms with E-state index in [0.29, 0.717) is 13.2 Å². The molecule has 3 N–H and O–H groups in total. The number of hydrogen-bond donors (Lipinski definition) is 2. The first kappa shape index (κ1) is 18.0. The van der Waals surface area contributed by atoms with Gasteiger partial charge in [0, 0.05) is 19.8 Å². The number of ether oxygens (including phenoxy) is 1. The molecule has 21 heavy (non-hydrogen) atoms. The Morgan fingerprint density at radius 1 is 1.38 bits per heavy atom. The maximum atomic E-state index is 12.1. The van der Waals surface area contributed by atoms with E-state index in [4.69, 9.17) is 10.5 Å². The fraction of sp³-hybridized carbons (Fsp3) is 0.562. The Kier molecular flexibility index (Phi) is 7.15. The van der Waals surface area contributed by atoms with Gasteiger partial charge in [-0.05, 0) is 37.7 Å². The molecule has 1 aliphatic rings. The summed E-state index contributed by atoms with van der Waals surface area (Å²) in [7, 11) is 0. The average molecular weight is 313 g/mol. The van der Waals surface area contributed by atoms with Crippen molar-refractivity contribution in [3.05, 3.63) is 35.9 Å². The fourth-order valence-corrected chi connectivity index (χ4v) is 2.01. The van der Waals surface area contributed by atoms with Gasteiger partial charge >= 0.3 is 0 Å². The van der Waals surface area contributed by atoms with Crippen molar-refractivity contribution in [2.45, 2.75) is 31.7 Å². The molecule has 1 aliphatic carbocycles. The maximum Gasteiger partial charge on any atom is 0.244 e. The summed E-state index contributed by atoms with van der Waals surface area (Å²) in [5, 5.41) is 2.88. The van der Waals surface area contributed by atoms with E-state index in [1.54, 1.807) is 6.92 Å². The van der Waals surface area contributed by atoms with Gasteiger partial charge in [0.05, 0.1) is 0 Å². The van der Waals surface area contributed by atoms with Crippen LogP contribution in [0.5, 0.6) is 0 Å². The molecular weight excluding hydrogens is 288 g/mol. The Hall–Kier alpha value is -1.10. The van der Waals surface area contributed by atoms with Crippen molar-refractivity contribution >= 4 is 18.3 Å². The molecule has 0 aliphatic heterocycles. The van der Waals surface area contributed by atoms with Crippen LogP contribution in [0.2, 0.25) is 0 Å². The molecule has 1 aromatic carbocycles. The van der Waals surface area contributed by atoms with Crippen LogP contribution < -0.4 is 11.1 Å². The standard InChI is InChI=1S/C16H24N2O2.ClH/c1-16(17,14-6-3-2-4-7-14)15(19)18-10-5-11-20-12-13-8-9-13;/h2-4,6-7,13H,5,8-12,17H2,1H3,(H,18,19);1H. The largest absolute Gasteiger partial charge is 0.381 e. The minimum absolute atomic E-state index is 0. The van der Waals surface area contributed by atoms with Crippen LogP contribution in [0.15, 0.2) is 30.3 Å². The van der Waals surface area contributed by atoms with Crippen LogP contribution in [-0.4, -0.2) is 25.7 Å². The fourth-order valence-electron chi connectivity index (χ4n) is 2.01. The highest BCUT2D eigenvalue weighted by Gasteiger charge is 2.29. The van der Waals surface area contributed by atoms with Crippen molar-refractivity contribution in [1.82, 2.24) is 5.32 Å². The molecule has 118 valence electrons. The third-order valence-corrected chi connectivity index (χ3v) is 3.65. The molecule has 0 bridgehead atoms. The molecular formula is C16H25ClN2O2. The third-order valence-electron chi connectivity index (χ3n) is 3.65. The van der Waals surface area contributed by atoms with Crippen LogP contribution in [0, 0.1) is 5.92 Å². The second-order valence-corrected chi connectivity index (χ2v) is 5.70. The first-order chi connectivity index (χ1) is 9.60. The Bertz CT molecular complexity index is 433. The Balaban J connectivity index is 0.00000220. The minimum atomic E-state index is -0.990. The SMILES string of the molecule is CC(N)(C(=O)NCCCOCC1CC1)c1ccccc1.Cl. The Labute approximate surface area is 132 Å². The van der Waals surface area contributed by atoms with Gasteiger partial charge in [-0.25, -0.2) is 0 Å². The molecule has 5 heteroatoms. The smallest absolute Gasteiger partial charge is 0.244 e. The summed E-state index contributed by atoms with van der Waals surface area (Å²) in [4.78, 5) is 12.1. The topological polar surface area (TPSA) is 64.4 Å². The lowest BCUT2D eigenvalue weighted by atomic mass is 9.92. The zero-order chi connectivity index (χ0) is 14.4. The quantitative estimate of drug-likeness (QED) is 0.723. The number of halogens is 1. The Morgan fingerprint density at radius 2 is 2.05 bits per heavy atom. The van der Waals surface area contributed by atoms with Crippen LogP contribution in [0.25, 0.3) is 0 Å². The molecule has 4 nitrogen and oxygen atoms in total. The molecule has 0 aromatic heterocycles. The highest BCUT2D eigenvalue weighted by Crippen LogP contribution is 2.28. The molecule has 1 fully saturated rings. The lowest BCUT2D eigenvalue weighted by Crippen LogP contribution is -2.49. The van der Waals surface area contributed by atoms with Crippen molar-refractivity contribution in [3.8, 4) is 0 Å². The summed E-state index contributed by atoms with van der Waals surface area (Å²) in [6.07, 6.45) is 3.43. The summed E-state index contributed by atoms with van der Waals surface area (Å²) < 4.78 is 5.53. The molecule has 1 saturated carbocycles. The minimum Gasteiger partial charge on any atom is -0.381 e. The van der Waals surface area contributed by atoms with E-state index in [2.05, 4.69) is 5.32 Å². The molecule has 0 radical (unpaired) electrons. The summed E-state index contributed by atoms with van der Waals surface area (Å²) in [5.41, 5.74) is 5.96. The van der Waals surface area contributed by atoms with Gasteiger partial charge in [0.15, 0.2) is 0 Å². The molecule has 1 atom stereocenters. The summed E-state index contributed by atoms with van der Waals surface area (Å²) in [6, 6.07) is 9.43. The van der Waals surface area contributed by atoms with Crippen LogP contribution in [0.4, 0.5) is 0 Å². The van der Waals surface area contributed by atoms with E-state index in [-0.39, 0.29) is 18.3 Å². The van der Waals surface area contributed by atoms with Crippen molar-refractivity contribution in [2.24, 2.45) is 11.7 Å². The molecule has 1 amide bonds. The number of amides is 1. The molecule has 0 saturated heterocycles. The van der Waals surface area contributed by atoms with Gasteiger partial charge in [-0.1, -0.05) is 30.3 Å². The van der Waals surface area contributed by atoms with Crippen LogP contribution in [-0.2, 0) is 15.1 Å². The number of benzene rings is 1. The second kappa shape index (κ2) is 8.37. The highest BCUT2D eigenvalue weighted by atomic mass is 35.5. The number of rotatable bonds is 8. The number of hydrogen-bond acceptors (Lipinski definition) is 3. The van der Waals surface area contributed by atoms with E-state index in [9.17, 15) is 4.79 Å². The van der Waals surface area contributed by atoms with E-state index in [1.807, 2.05) is 30.3 Å². The highest BCUT2D eigenvalue weighted by molar-refractivity contribution is 5.86. The van der Waals surface area contributed by atoms with Crippen LogP contribution in [0.1, 0.15) is 31.7 Å². The summed E-state index contributed by atoms with van der Waals surface area (Å²) in [5.74, 6) is 0.640. The number of nitrogens with one attached hydrogen (secondary N) is 1. The normalized spacial score (nSPS) is 16.7. The summed E-state index contributed by atoms with van der Waals surface area (Å²) in [6.45, 7) is 3.90. The van der Waals surface area contributed by atoms with Gasteiger partial charge in [-0.3, -0.25) is 4.79 Å². The van der Waals surface area contributed by atoms with Crippen molar-refractivity contribution in [3.63, 3.8) is 0 Å². The van der Waals surface area contributed by atoms with E-state index in [1.165, 1.54) is 12.8 Å². The Morgan fingerprint density at radius 3 is 2.67 bits per heavy atom. The van der Waals surface area contributed by atoms with Gasteiger partial charge in [-0.2, -0.15) is 0 Å². The lowest BCUT2D eigenvalue weighted by molar-refractivity contribution is -0.126. The first-order valence-corrected chi connectivity index (χ1v) is 7.31. The number of nitrogens with two attached hydrogens (primary N) is 1. The third kappa shape index (κ3) is 5.65. The zero-order valence-corrected chi connectivity index (χ0v) is 13.3. The van der Waals surface area contributed by atoms with Crippen LogP contribution >= 0.6 is 12.4 Å². The van der Waals surface area contributed by atoms with Gasteiger partial charge in [0.1, 0.15) is 5.54 Å². The van der Waals surface area contributed by atoms with Crippen molar-refractivity contribution in [2.75, 3.05) is 19.8 Å². The number of carbonyl (C=O) groups excluding carboxylic acids is 1. The maximum absolute atomic E-state index is 12.1. The molecule has 0 spiro atoms. The predicted molar refractivity (Wildman–Crippen MR) is 86.4 cm³/mol. The van der Waals surface area contributed by atoms with E-state index in [0.717, 1.165) is 24.5 Å². The second-order valence-electron chi connectivity index (χ2n) is 5.70. The van der Waals surface area contributed by atoms with E-state index >= 15 is 0 Å². The molecule has 1 unspecified atom stereocenters. The van der Waals surface area contributed by atoms with Gasteiger partial charge in [0.25, 0.3) is 0 Å². The summed E-state index contributed by atoms with van der Waals surface area (Å²) >= 11 is 0. The monoisotopic (exact) mass is 312 g/mol. The molecule has 2 rings (SSSR count). The predicted octanol–water partition coefficient (Wildman–Crippen LogP) is 2.22. The van der Waals surface area contributed by atoms with E-state index < -0.39 is 5.54 Å². The van der Waals surface area contributed by atoms with Gasteiger partial charge in [0.2, 0.25) is 5.91 Å². The van der Waals surface area contributed by atoms with Gasteiger partial charge < -0.3 is 15.8 Å². The lowest BCUT2D eigenvalue weighted by Gasteiger charge is -2.24. The molecule has 1 aromatic rings. The number of carbonyl (C=O) groups is 1. The first-order valence-electron chi connectivity index (χ1n) is 7.31. The average Bonchev–Trinajstić information content (AvgIpc) is 3.27. The van der Waals surface area contributed by atoms with Crippen LogP contribution in [0.3, 0.4) is 0 Å². The zero-order valence-electron chi connectivity index (χ0n) is 12.5. The van der Waals surface area contributed by atoms with Crippen molar-refractivity contribution < 1.29 is 9.53 Å².